The third-order valence-electron chi connectivity index (χ3n) is 8.20. The lowest BCUT2D eigenvalue weighted by Crippen LogP contribution is -1.94. The fourth-order valence-electron chi connectivity index (χ4n) is 6.37. The average Bonchev–Trinajstić information content (AvgIpc) is 3.71. The van der Waals surface area contributed by atoms with Gasteiger partial charge in [0.05, 0.1) is 28.1 Å². The molecule has 4 nitrogen and oxygen atoms in total. The summed E-state index contributed by atoms with van der Waals surface area (Å²) in [4.78, 5) is 8.80. The molecule has 0 radical (unpaired) electrons. The molecule has 5 heteroatoms. The predicted octanol–water partition coefficient (Wildman–Crippen LogP) is 10.2. The first kappa shape index (κ1) is 24.6. The number of nitrogens with one attached hydrogen (secondary N) is 2. The van der Waals surface area contributed by atoms with Crippen LogP contribution < -0.4 is 0 Å². The lowest BCUT2D eigenvalue weighted by atomic mass is 10.0. The minimum Gasteiger partial charge on any atom is -0.354 e. The van der Waals surface area contributed by atoms with Gasteiger partial charge >= 0.3 is 0 Å². The van der Waals surface area contributed by atoms with Crippen LogP contribution in [0.3, 0.4) is 0 Å². The van der Waals surface area contributed by atoms with Crippen molar-refractivity contribution in [3.05, 3.63) is 121 Å². The van der Waals surface area contributed by atoms with Gasteiger partial charge in [0.15, 0.2) is 0 Å². The average molecular weight is 559 g/mol. The molecule has 0 aliphatic carbocycles. The summed E-state index contributed by atoms with van der Waals surface area (Å²) in [5.41, 5.74) is 8.82. The summed E-state index contributed by atoms with van der Waals surface area (Å²) < 4.78 is 2.43. The predicted molar refractivity (Wildman–Crippen MR) is 179 cm³/mol. The molecule has 5 aromatic carbocycles. The Labute approximate surface area is 246 Å². The largest absolute Gasteiger partial charge is 0.354 e. The normalized spacial score (nSPS) is 12.6. The van der Waals surface area contributed by atoms with E-state index in [1.807, 2.05) is 25.2 Å². The number of H-pyrrole nitrogens is 2. The van der Waals surface area contributed by atoms with Gasteiger partial charge in [-0.2, -0.15) is 5.26 Å². The molecule has 42 heavy (non-hydrogen) atoms. The number of benzene rings is 5. The first-order chi connectivity index (χ1) is 20.8. The van der Waals surface area contributed by atoms with Gasteiger partial charge in [-0.1, -0.05) is 66.7 Å². The maximum atomic E-state index is 9.14. The number of hydrogen-bond acceptors (Lipinski definition) is 2. The Kier molecular flexibility index (Phi) is 5.70. The van der Waals surface area contributed by atoms with E-state index in [9.17, 15) is 0 Å². The van der Waals surface area contributed by atoms with Crippen LogP contribution in [0.1, 0.15) is 6.92 Å². The van der Waals surface area contributed by atoms with E-state index in [1.165, 1.54) is 48.2 Å². The van der Waals surface area contributed by atoms with Crippen LogP contribution >= 0.6 is 11.8 Å². The van der Waals surface area contributed by atoms with E-state index in [-0.39, 0.29) is 0 Å². The van der Waals surface area contributed by atoms with Crippen LogP contribution in [0.15, 0.2) is 126 Å². The molecule has 0 aliphatic rings. The van der Waals surface area contributed by atoms with Gasteiger partial charge in [-0.3, -0.25) is 0 Å². The van der Waals surface area contributed by atoms with Gasteiger partial charge in [0.1, 0.15) is 0 Å². The summed E-state index contributed by atoms with van der Waals surface area (Å²) in [6.45, 7) is 1.89. The molecule has 0 saturated carbocycles. The number of hydrogen-bond donors (Lipinski definition) is 2. The van der Waals surface area contributed by atoms with Crippen LogP contribution in [0.5, 0.6) is 0 Å². The summed E-state index contributed by atoms with van der Waals surface area (Å²) in [5, 5.41) is 16.6. The summed E-state index contributed by atoms with van der Waals surface area (Å²) in [6.07, 6.45) is 5.76. The third-order valence-corrected chi connectivity index (χ3v) is 9.17. The van der Waals surface area contributed by atoms with Gasteiger partial charge < -0.3 is 14.5 Å². The molecule has 3 heterocycles. The van der Waals surface area contributed by atoms with Crippen molar-refractivity contribution in [1.29, 1.82) is 5.26 Å². The Morgan fingerprint density at radius 3 is 2.02 bits per heavy atom. The molecule has 3 aromatic heterocycles. The molecule has 0 atom stereocenters. The molecule has 0 fully saturated rings. The van der Waals surface area contributed by atoms with E-state index in [1.54, 1.807) is 11.8 Å². The Bertz CT molecular complexity index is 2390. The molecule has 0 bridgehead atoms. The third kappa shape index (κ3) is 3.62. The highest BCUT2D eigenvalue weighted by Crippen LogP contribution is 2.46. The van der Waals surface area contributed by atoms with Crippen molar-refractivity contribution in [1.82, 2.24) is 14.5 Å². The zero-order valence-corrected chi connectivity index (χ0v) is 23.8. The van der Waals surface area contributed by atoms with Crippen LogP contribution in [0.4, 0.5) is 0 Å². The zero-order chi connectivity index (χ0) is 28.2. The van der Waals surface area contributed by atoms with Crippen LogP contribution in [-0.4, -0.2) is 20.3 Å². The fraction of sp³-hybridized carbons (Fsp3) is 0.0541. The maximum Gasteiger partial charge on any atom is 0.0987 e. The standard InChI is InChI=1S/C37H26N4S/c1-2-23(22-38)10-9-21-42-25-19-17-24(18-20-25)41-31-16-8-5-13-28(31)34-36-32(26-11-3-6-14-29(26)39-36)35-33(37(34)41)27-12-4-7-15-30(27)40-35/h2-20,39-40H,21H2,1H3/b10-9-,23-2+. The number of nitrogens with zero attached hydrogens (tertiary/aromatic N) is 2. The topological polar surface area (TPSA) is 60.3 Å². The monoisotopic (exact) mass is 558 g/mol. The Balaban J connectivity index is 1.40. The van der Waals surface area contributed by atoms with E-state index in [4.69, 9.17) is 5.26 Å². The van der Waals surface area contributed by atoms with Crippen molar-refractivity contribution in [2.75, 3.05) is 5.75 Å². The Morgan fingerprint density at radius 2 is 1.36 bits per heavy atom. The molecular weight excluding hydrogens is 533 g/mol. The minimum atomic E-state index is 0.685. The van der Waals surface area contributed by atoms with Crippen molar-refractivity contribution in [2.24, 2.45) is 0 Å². The SMILES string of the molecule is C/C=C(C#N)\C=C/CSc1ccc(-n2c3ccccc3c3c4[nH]c5ccccc5c4c4[nH]c5ccccc5c4c32)cc1. The molecular formula is C37H26N4S. The second kappa shape index (κ2) is 9.73. The van der Waals surface area contributed by atoms with Gasteiger partial charge in [-0.05, 0) is 55.5 Å². The second-order valence-electron chi connectivity index (χ2n) is 10.5. The van der Waals surface area contributed by atoms with Crippen LogP contribution in [0.2, 0.25) is 0 Å². The van der Waals surface area contributed by atoms with Gasteiger partial charge in [0, 0.05) is 65.3 Å². The Morgan fingerprint density at radius 1 is 0.762 bits per heavy atom. The van der Waals surface area contributed by atoms with Crippen molar-refractivity contribution in [3.8, 4) is 11.8 Å². The summed E-state index contributed by atoms with van der Waals surface area (Å²) >= 11 is 1.76. The van der Waals surface area contributed by atoms with E-state index in [2.05, 4.69) is 118 Å². The number of aromatic amines is 2. The molecule has 2 N–H and O–H groups in total. The quantitative estimate of drug-likeness (QED) is 0.125. The highest BCUT2D eigenvalue weighted by molar-refractivity contribution is 7.99. The van der Waals surface area contributed by atoms with Gasteiger partial charge in [-0.15, -0.1) is 11.8 Å². The minimum absolute atomic E-state index is 0.685. The zero-order valence-electron chi connectivity index (χ0n) is 23.0. The van der Waals surface area contributed by atoms with Crippen molar-refractivity contribution >= 4 is 77.2 Å². The van der Waals surface area contributed by atoms with Crippen LogP contribution in [0, 0.1) is 11.3 Å². The molecule has 0 spiro atoms. The van der Waals surface area contributed by atoms with E-state index in [0.717, 1.165) is 33.5 Å². The van der Waals surface area contributed by atoms with Gasteiger partial charge in [-0.25, -0.2) is 0 Å². The summed E-state index contributed by atoms with van der Waals surface area (Å²) in [5.74, 6) is 0.808. The smallest absolute Gasteiger partial charge is 0.0987 e. The number of para-hydroxylation sites is 3. The molecule has 200 valence electrons. The van der Waals surface area contributed by atoms with E-state index >= 15 is 0 Å². The summed E-state index contributed by atoms with van der Waals surface area (Å²) in [7, 11) is 0. The molecule has 0 unspecified atom stereocenters. The molecule has 0 aliphatic heterocycles. The lowest BCUT2D eigenvalue weighted by molar-refractivity contribution is 1.18. The summed E-state index contributed by atoms with van der Waals surface area (Å²) in [6, 6.07) is 37.0. The van der Waals surface area contributed by atoms with Crippen LogP contribution in [-0.2, 0) is 0 Å². The molecule has 0 amide bonds. The molecule has 0 saturated heterocycles. The fourth-order valence-corrected chi connectivity index (χ4v) is 7.08. The van der Waals surface area contributed by atoms with E-state index in [0.29, 0.717) is 5.57 Å². The first-order valence-corrected chi connectivity index (χ1v) is 15.1. The van der Waals surface area contributed by atoms with Crippen molar-refractivity contribution in [3.63, 3.8) is 0 Å². The molecule has 8 rings (SSSR count). The molecule has 8 aromatic rings. The first-order valence-electron chi connectivity index (χ1n) is 14.1. The van der Waals surface area contributed by atoms with Gasteiger partial charge in [0.2, 0.25) is 0 Å². The number of nitriles is 1. The van der Waals surface area contributed by atoms with Crippen molar-refractivity contribution < 1.29 is 0 Å². The number of allylic oxidation sites excluding steroid dienone is 3. The van der Waals surface area contributed by atoms with E-state index < -0.39 is 0 Å². The number of rotatable bonds is 5. The lowest BCUT2D eigenvalue weighted by Gasteiger charge is -2.10. The van der Waals surface area contributed by atoms with Crippen molar-refractivity contribution in [2.45, 2.75) is 11.8 Å². The Hall–Kier alpha value is -5.18. The highest BCUT2D eigenvalue weighted by Gasteiger charge is 2.23. The second-order valence-corrected chi connectivity index (χ2v) is 11.6. The number of aromatic nitrogens is 3. The van der Waals surface area contributed by atoms with Gasteiger partial charge in [0.25, 0.3) is 0 Å². The maximum absolute atomic E-state index is 9.14. The van der Waals surface area contributed by atoms with Crippen LogP contribution in [0.25, 0.3) is 71.1 Å². The number of fused-ring (bicyclic) bond motifs is 12. The highest BCUT2D eigenvalue weighted by atomic mass is 32.2. The number of thioether (sulfide) groups is 1.